The van der Waals surface area contributed by atoms with Gasteiger partial charge in [0.25, 0.3) is 0 Å². The predicted molar refractivity (Wildman–Crippen MR) is 70.2 cm³/mol. The molecule has 4 nitrogen and oxygen atoms in total. The maximum absolute atomic E-state index is 11.3. The molecular weight excluding hydrogens is 228 g/mol. The van der Waals surface area contributed by atoms with Crippen molar-refractivity contribution in [2.45, 2.75) is 39.7 Å². The van der Waals surface area contributed by atoms with Crippen LogP contribution in [-0.4, -0.2) is 17.6 Å². The lowest BCUT2D eigenvalue weighted by atomic mass is 10.0. The van der Waals surface area contributed by atoms with E-state index >= 15 is 0 Å². The van der Waals surface area contributed by atoms with E-state index in [1.807, 2.05) is 24.3 Å². The van der Waals surface area contributed by atoms with Crippen LogP contribution in [0.3, 0.4) is 0 Å². The maximum atomic E-state index is 11.3. The molecule has 0 amide bonds. The lowest BCUT2D eigenvalue weighted by Gasteiger charge is -2.08. The van der Waals surface area contributed by atoms with E-state index < -0.39 is 6.04 Å². The first-order chi connectivity index (χ1) is 8.43. The summed E-state index contributed by atoms with van der Waals surface area (Å²) in [4.78, 5) is 22.5. The van der Waals surface area contributed by atoms with Crippen LogP contribution in [0.15, 0.2) is 34.5 Å². The Balaban J connectivity index is 3.03. The maximum Gasteiger partial charge on any atom is 0.187 e. The second-order valence-electron chi connectivity index (χ2n) is 4.55. The highest BCUT2D eigenvalue weighted by atomic mass is 16.2. The molecule has 0 aromatic heterocycles. The molecule has 0 saturated heterocycles. The summed E-state index contributed by atoms with van der Waals surface area (Å²) >= 11 is 0. The molecule has 0 radical (unpaired) electrons. The molecule has 0 heterocycles. The second-order valence-corrected chi connectivity index (χ2v) is 4.55. The minimum absolute atomic E-state index is 0.284. The molecule has 0 spiro atoms. The van der Waals surface area contributed by atoms with Gasteiger partial charge in [0, 0.05) is 0 Å². The Labute approximate surface area is 107 Å². The first kappa shape index (κ1) is 14.2. The van der Waals surface area contributed by atoms with Crippen molar-refractivity contribution in [2.75, 3.05) is 0 Å². The number of rotatable bonds is 5. The van der Waals surface area contributed by atoms with Gasteiger partial charge in [0.2, 0.25) is 0 Å². The van der Waals surface area contributed by atoms with Gasteiger partial charge in [-0.15, -0.1) is 0 Å². The van der Waals surface area contributed by atoms with Gasteiger partial charge in [-0.25, -0.2) is 0 Å². The molecule has 0 aliphatic carbocycles. The predicted octanol–water partition coefficient (Wildman–Crippen LogP) is 3.44. The van der Waals surface area contributed by atoms with Gasteiger partial charge in [0.1, 0.15) is 0 Å². The molecule has 96 valence electrons. The normalized spacial score (nSPS) is 11.4. The Bertz CT molecular complexity index is 464. The Morgan fingerprint density at radius 3 is 2.11 bits per heavy atom. The summed E-state index contributed by atoms with van der Waals surface area (Å²) < 4.78 is 0. The van der Waals surface area contributed by atoms with E-state index in [4.69, 9.17) is 0 Å². The summed E-state index contributed by atoms with van der Waals surface area (Å²) in [5.41, 5.74) is 1.76. The third kappa shape index (κ3) is 3.58. The number of ketones is 2. The van der Waals surface area contributed by atoms with Gasteiger partial charge in [0.05, 0.1) is 5.69 Å². The van der Waals surface area contributed by atoms with Crippen LogP contribution >= 0.6 is 0 Å². The molecule has 4 heteroatoms. The van der Waals surface area contributed by atoms with Gasteiger partial charge in [-0.3, -0.25) is 9.59 Å². The van der Waals surface area contributed by atoms with Crippen molar-refractivity contribution in [3.05, 3.63) is 29.8 Å². The van der Waals surface area contributed by atoms with Crippen molar-refractivity contribution < 1.29 is 9.59 Å². The molecule has 1 aromatic carbocycles. The van der Waals surface area contributed by atoms with Crippen molar-refractivity contribution in [3.8, 4) is 0 Å². The van der Waals surface area contributed by atoms with E-state index in [1.54, 1.807) is 0 Å². The van der Waals surface area contributed by atoms with Crippen molar-refractivity contribution in [1.29, 1.82) is 0 Å². The highest BCUT2D eigenvalue weighted by Crippen LogP contribution is 2.26. The average Bonchev–Trinajstić information content (AvgIpc) is 2.28. The standard InChI is InChI=1S/C14H18N2O2/c1-9(2)12-7-5-6-8-13(12)15-16-14(10(3)17)11(4)18/h5-9,14H,1-4H3. The number of nitrogens with zero attached hydrogens (tertiary/aromatic N) is 2. The molecule has 0 saturated carbocycles. The van der Waals surface area contributed by atoms with Crippen LogP contribution in [0.1, 0.15) is 39.2 Å². The van der Waals surface area contributed by atoms with Crippen LogP contribution in [-0.2, 0) is 9.59 Å². The minimum atomic E-state index is -0.981. The molecule has 1 aromatic rings. The van der Waals surface area contributed by atoms with Crippen LogP contribution in [0.4, 0.5) is 5.69 Å². The Kier molecular flexibility index (Phi) is 4.89. The van der Waals surface area contributed by atoms with Crippen molar-refractivity contribution in [2.24, 2.45) is 10.2 Å². The zero-order valence-electron chi connectivity index (χ0n) is 11.2. The molecule has 0 unspecified atom stereocenters. The number of carbonyl (C=O) groups excluding carboxylic acids is 2. The van der Waals surface area contributed by atoms with Crippen LogP contribution in [0.2, 0.25) is 0 Å². The molecule has 0 N–H and O–H groups in total. The lowest BCUT2D eigenvalue weighted by molar-refractivity contribution is -0.126. The van der Waals surface area contributed by atoms with E-state index in [0.29, 0.717) is 11.6 Å². The van der Waals surface area contributed by atoms with Crippen molar-refractivity contribution >= 4 is 17.3 Å². The summed E-state index contributed by atoms with van der Waals surface area (Å²) in [6.07, 6.45) is 0. The fourth-order valence-electron chi connectivity index (χ4n) is 1.64. The Morgan fingerprint density at radius 2 is 1.61 bits per heavy atom. The summed E-state index contributed by atoms with van der Waals surface area (Å²) in [5, 5.41) is 7.92. The van der Waals surface area contributed by atoms with Gasteiger partial charge in [-0.05, 0) is 31.4 Å². The summed E-state index contributed by atoms with van der Waals surface area (Å²) in [5.74, 6) is -0.255. The van der Waals surface area contributed by atoms with Gasteiger partial charge in [-0.1, -0.05) is 32.0 Å². The summed E-state index contributed by atoms with van der Waals surface area (Å²) in [6.45, 7) is 6.81. The fourth-order valence-corrected chi connectivity index (χ4v) is 1.64. The van der Waals surface area contributed by atoms with Crippen LogP contribution < -0.4 is 0 Å². The largest absolute Gasteiger partial charge is 0.297 e. The topological polar surface area (TPSA) is 58.9 Å². The third-order valence-corrected chi connectivity index (χ3v) is 2.61. The molecular formula is C14H18N2O2. The number of azo groups is 1. The molecule has 1 rings (SSSR count). The molecule has 0 atom stereocenters. The SMILES string of the molecule is CC(=O)C(N=Nc1ccccc1C(C)C)C(C)=O. The third-order valence-electron chi connectivity index (χ3n) is 2.61. The van der Waals surface area contributed by atoms with Crippen LogP contribution in [0.5, 0.6) is 0 Å². The second kappa shape index (κ2) is 6.19. The van der Waals surface area contributed by atoms with E-state index in [9.17, 15) is 9.59 Å². The molecule has 0 aliphatic heterocycles. The first-order valence-electron chi connectivity index (χ1n) is 5.94. The monoisotopic (exact) mass is 246 g/mol. The van der Waals surface area contributed by atoms with E-state index in [2.05, 4.69) is 24.1 Å². The number of benzene rings is 1. The number of carbonyl (C=O) groups is 2. The fraction of sp³-hybridized carbons (Fsp3) is 0.429. The van der Waals surface area contributed by atoms with Crippen LogP contribution in [0.25, 0.3) is 0 Å². The van der Waals surface area contributed by atoms with E-state index in [-0.39, 0.29) is 11.6 Å². The zero-order chi connectivity index (χ0) is 13.7. The minimum Gasteiger partial charge on any atom is -0.297 e. The van der Waals surface area contributed by atoms with Crippen molar-refractivity contribution in [3.63, 3.8) is 0 Å². The number of hydrogen-bond donors (Lipinski definition) is 0. The van der Waals surface area contributed by atoms with Gasteiger partial charge in [0.15, 0.2) is 17.6 Å². The molecule has 0 fully saturated rings. The molecule has 18 heavy (non-hydrogen) atoms. The van der Waals surface area contributed by atoms with Crippen LogP contribution in [0, 0.1) is 0 Å². The summed E-state index contributed by atoms with van der Waals surface area (Å²) in [6, 6.07) is 6.61. The van der Waals surface area contributed by atoms with E-state index in [0.717, 1.165) is 5.56 Å². The Morgan fingerprint density at radius 1 is 1.06 bits per heavy atom. The van der Waals surface area contributed by atoms with E-state index in [1.165, 1.54) is 13.8 Å². The number of hydrogen-bond acceptors (Lipinski definition) is 4. The molecule has 0 aliphatic rings. The van der Waals surface area contributed by atoms with Crippen molar-refractivity contribution in [1.82, 2.24) is 0 Å². The summed E-state index contributed by atoms with van der Waals surface area (Å²) in [7, 11) is 0. The zero-order valence-corrected chi connectivity index (χ0v) is 11.2. The average molecular weight is 246 g/mol. The lowest BCUT2D eigenvalue weighted by Crippen LogP contribution is -2.23. The smallest absolute Gasteiger partial charge is 0.187 e. The van der Waals surface area contributed by atoms with Gasteiger partial charge >= 0.3 is 0 Å². The number of Topliss-reactive ketones (excluding diaryl/α,β-unsaturated/α-hetero) is 2. The first-order valence-corrected chi connectivity index (χ1v) is 5.94. The highest BCUT2D eigenvalue weighted by molar-refractivity contribution is 6.04. The highest BCUT2D eigenvalue weighted by Gasteiger charge is 2.18. The molecule has 0 bridgehead atoms. The Hall–Kier alpha value is -1.84. The van der Waals surface area contributed by atoms with Gasteiger partial charge in [-0.2, -0.15) is 10.2 Å². The quantitative estimate of drug-likeness (QED) is 0.590. The van der Waals surface area contributed by atoms with Gasteiger partial charge < -0.3 is 0 Å².